The van der Waals surface area contributed by atoms with Gasteiger partial charge in [-0.15, -0.1) is 0 Å². The number of aryl methyl sites for hydroxylation is 4. The van der Waals surface area contributed by atoms with Crippen LogP contribution in [0.4, 0.5) is 0 Å². The molecule has 0 amide bonds. The zero-order chi connectivity index (χ0) is 26.9. The number of aromatic hydroxyl groups is 1. The summed E-state index contributed by atoms with van der Waals surface area (Å²) in [6.45, 7) is 0. The third kappa shape index (κ3) is 6.91. The van der Waals surface area contributed by atoms with Crippen LogP contribution in [0, 0.1) is 0 Å². The van der Waals surface area contributed by atoms with E-state index in [0.29, 0.717) is 23.7 Å². The van der Waals surface area contributed by atoms with Gasteiger partial charge in [0, 0.05) is 6.07 Å². The normalized spacial score (nSPS) is 10.6. The maximum Gasteiger partial charge on any atom is 0.203 e. The van der Waals surface area contributed by atoms with Crippen molar-refractivity contribution < 1.29 is 28.8 Å². The largest absolute Gasteiger partial charge is 0.504 e. The summed E-state index contributed by atoms with van der Waals surface area (Å²) in [4.78, 5) is 0. The van der Waals surface area contributed by atoms with Gasteiger partial charge in [0.15, 0.2) is 11.5 Å². The zero-order valence-corrected chi connectivity index (χ0v) is 22.3. The zero-order valence-electron chi connectivity index (χ0n) is 22.3. The second kappa shape index (κ2) is 12.8. The Kier molecular flexibility index (Phi) is 8.98. The van der Waals surface area contributed by atoms with Gasteiger partial charge in [0.2, 0.25) is 5.75 Å². The Bertz CT molecular complexity index is 1350. The molecular weight excluding hydrogens is 480 g/mol. The quantitative estimate of drug-likeness (QED) is 0.225. The predicted molar refractivity (Wildman–Crippen MR) is 149 cm³/mol. The van der Waals surface area contributed by atoms with E-state index in [0.717, 1.165) is 47.5 Å². The van der Waals surface area contributed by atoms with Gasteiger partial charge in [0.1, 0.15) is 23.0 Å². The van der Waals surface area contributed by atoms with Crippen LogP contribution in [-0.4, -0.2) is 33.5 Å². The first-order valence-corrected chi connectivity index (χ1v) is 12.5. The minimum Gasteiger partial charge on any atom is -0.504 e. The van der Waals surface area contributed by atoms with E-state index in [1.807, 2.05) is 54.6 Å². The molecule has 0 saturated heterocycles. The van der Waals surface area contributed by atoms with Crippen molar-refractivity contribution in [1.29, 1.82) is 0 Å². The van der Waals surface area contributed by atoms with Crippen LogP contribution in [0.2, 0.25) is 0 Å². The lowest BCUT2D eigenvalue weighted by Gasteiger charge is -2.15. The molecule has 0 aliphatic carbocycles. The summed E-state index contributed by atoms with van der Waals surface area (Å²) in [6, 6.07) is 25.5. The molecule has 0 heterocycles. The molecule has 0 spiro atoms. The van der Waals surface area contributed by atoms with Crippen molar-refractivity contribution in [2.45, 2.75) is 25.7 Å². The van der Waals surface area contributed by atoms with E-state index < -0.39 is 0 Å². The molecule has 0 bridgehead atoms. The molecular formula is C32H34O6. The van der Waals surface area contributed by atoms with Gasteiger partial charge in [-0.05, 0) is 96.5 Å². The molecule has 6 nitrogen and oxygen atoms in total. The van der Waals surface area contributed by atoms with E-state index in [1.165, 1.54) is 12.7 Å². The topological polar surface area (TPSA) is 66.4 Å². The third-order valence-electron chi connectivity index (χ3n) is 6.40. The molecule has 0 aromatic heterocycles. The molecule has 0 fully saturated rings. The SMILES string of the molecule is COc1ccc(CCc2cc(OC)cc(Oc3cc(CCc4cccc(OC)c4)cc(O)c3OC)c2)cc1. The lowest BCUT2D eigenvalue weighted by atomic mass is 10.0. The van der Waals surface area contributed by atoms with Gasteiger partial charge in [-0.2, -0.15) is 0 Å². The number of hydrogen-bond donors (Lipinski definition) is 1. The molecule has 0 atom stereocenters. The highest BCUT2D eigenvalue weighted by Crippen LogP contribution is 2.41. The molecule has 198 valence electrons. The van der Waals surface area contributed by atoms with Crippen LogP contribution in [0.25, 0.3) is 0 Å². The Balaban J connectivity index is 1.53. The smallest absolute Gasteiger partial charge is 0.203 e. The summed E-state index contributed by atoms with van der Waals surface area (Å²) in [7, 11) is 6.48. The fourth-order valence-corrected chi connectivity index (χ4v) is 4.34. The van der Waals surface area contributed by atoms with E-state index in [-0.39, 0.29) is 11.5 Å². The highest BCUT2D eigenvalue weighted by Gasteiger charge is 2.15. The number of benzene rings is 4. The van der Waals surface area contributed by atoms with Gasteiger partial charge < -0.3 is 28.8 Å². The van der Waals surface area contributed by atoms with Crippen molar-refractivity contribution in [2.24, 2.45) is 0 Å². The van der Waals surface area contributed by atoms with Crippen molar-refractivity contribution >= 4 is 0 Å². The minimum atomic E-state index is 0.0354. The second-order valence-electron chi connectivity index (χ2n) is 8.96. The number of phenols is 1. The van der Waals surface area contributed by atoms with E-state index >= 15 is 0 Å². The highest BCUT2D eigenvalue weighted by molar-refractivity contribution is 5.55. The summed E-state index contributed by atoms with van der Waals surface area (Å²) >= 11 is 0. The van der Waals surface area contributed by atoms with Crippen LogP contribution < -0.4 is 23.7 Å². The summed E-state index contributed by atoms with van der Waals surface area (Å²) in [5.41, 5.74) is 4.37. The summed E-state index contributed by atoms with van der Waals surface area (Å²) in [5, 5.41) is 10.7. The number of phenolic OH excluding ortho intramolecular Hbond substituents is 1. The molecule has 38 heavy (non-hydrogen) atoms. The maximum absolute atomic E-state index is 10.7. The van der Waals surface area contributed by atoms with E-state index in [4.69, 9.17) is 23.7 Å². The fraction of sp³-hybridized carbons (Fsp3) is 0.250. The van der Waals surface area contributed by atoms with Crippen molar-refractivity contribution in [3.8, 4) is 40.2 Å². The second-order valence-corrected chi connectivity index (χ2v) is 8.96. The first-order valence-electron chi connectivity index (χ1n) is 12.5. The molecule has 0 unspecified atom stereocenters. The summed E-state index contributed by atoms with van der Waals surface area (Å²) < 4.78 is 27.9. The fourth-order valence-electron chi connectivity index (χ4n) is 4.34. The average molecular weight is 515 g/mol. The van der Waals surface area contributed by atoms with Crippen molar-refractivity contribution in [2.75, 3.05) is 28.4 Å². The van der Waals surface area contributed by atoms with Gasteiger partial charge in [0.05, 0.1) is 28.4 Å². The van der Waals surface area contributed by atoms with Crippen LogP contribution in [0.1, 0.15) is 22.3 Å². The monoisotopic (exact) mass is 514 g/mol. The van der Waals surface area contributed by atoms with E-state index in [9.17, 15) is 5.11 Å². The molecule has 1 N–H and O–H groups in total. The van der Waals surface area contributed by atoms with Gasteiger partial charge in [-0.1, -0.05) is 24.3 Å². The molecule has 0 aliphatic heterocycles. The molecule has 0 radical (unpaired) electrons. The molecule has 0 aliphatic rings. The Morgan fingerprint density at radius 3 is 1.79 bits per heavy atom. The minimum absolute atomic E-state index is 0.0354. The Labute approximate surface area is 224 Å². The molecule has 4 rings (SSSR count). The van der Waals surface area contributed by atoms with Crippen LogP contribution >= 0.6 is 0 Å². The Hall–Kier alpha value is -4.32. The summed E-state index contributed by atoms with van der Waals surface area (Å²) in [5.74, 6) is 3.74. The number of hydrogen-bond acceptors (Lipinski definition) is 6. The van der Waals surface area contributed by atoms with E-state index in [1.54, 1.807) is 27.4 Å². The number of rotatable bonds is 12. The predicted octanol–water partition coefficient (Wildman–Crippen LogP) is 6.79. The number of methoxy groups -OCH3 is 4. The molecule has 4 aromatic carbocycles. The van der Waals surface area contributed by atoms with Crippen LogP contribution in [0.15, 0.2) is 78.9 Å². The van der Waals surface area contributed by atoms with Gasteiger partial charge in [0.25, 0.3) is 0 Å². The first kappa shape index (κ1) is 26.7. The lowest BCUT2D eigenvalue weighted by molar-refractivity contribution is 0.347. The standard InChI is InChI=1S/C32H34O6/c1-34-26-14-12-22(13-15-26)8-10-24-17-28(36-3)21-29(18-24)38-31-20-25(19-30(33)32(31)37-4)11-9-23-6-5-7-27(16-23)35-2/h5-7,12-21,33H,8-11H2,1-4H3. The Morgan fingerprint density at radius 1 is 0.500 bits per heavy atom. The third-order valence-corrected chi connectivity index (χ3v) is 6.40. The van der Waals surface area contributed by atoms with Gasteiger partial charge in [-0.25, -0.2) is 0 Å². The van der Waals surface area contributed by atoms with Crippen LogP contribution in [0.5, 0.6) is 40.2 Å². The van der Waals surface area contributed by atoms with Crippen LogP contribution in [0.3, 0.4) is 0 Å². The highest BCUT2D eigenvalue weighted by atomic mass is 16.5. The van der Waals surface area contributed by atoms with E-state index in [2.05, 4.69) is 18.2 Å². The molecule has 6 heteroatoms. The van der Waals surface area contributed by atoms with Gasteiger partial charge in [-0.3, -0.25) is 0 Å². The maximum atomic E-state index is 10.7. The Morgan fingerprint density at radius 2 is 1.11 bits per heavy atom. The average Bonchev–Trinajstić information content (AvgIpc) is 2.95. The van der Waals surface area contributed by atoms with Crippen molar-refractivity contribution in [1.82, 2.24) is 0 Å². The van der Waals surface area contributed by atoms with Crippen molar-refractivity contribution in [3.63, 3.8) is 0 Å². The first-order chi connectivity index (χ1) is 18.5. The molecule has 0 saturated carbocycles. The summed E-state index contributed by atoms with van der Waals surface area (Å²) in [6.07, 6.45) is 3.17. The number of ether oxygens (including phenoxy) is 5. The molecule has 4 aromatic rings. The van der Waals surface area contributed by atoms with Gasteiger partial charge >= 0.3 is 0 Å². The lowest BCUT2D eigenvalue weighted by Crippen LogP contribution is -1.98. The van der Waals surface area contributed by atoms with Crippen molar-refractivity contribution in [3.05, 3.63) is 101 Å². The van der Waals surface area contributed by atoms with Crippen LogP contribution in [-0.2, 0) is 25.7 Å².